The molecule has 1 rings (SSSR count). The van der Waals surface area contributed by atoms with Crippen molar-refractivity contribution in [1.82, 2.24) is 10.6 Å². The van der Waals surface area contributed by atoms with Gasteiger partial charge in [0.25, 0.3) is 5.91 Å². The molecule has 0 aliphatic rings. The van der Waals surface area contributed by atoms with Crippen molar-refractivity contribution in [2.45, 2.75) is 40.2 Å². The Morgan fingerprint density at radius 1 is 1.04 bits per heavy atom. The van der Waals surface area contributed by atoms with Gasteiger partial charge >= 0.3 is 0 Å². The minimum Gasteiger partial charge on any atom is -0.355 e. The molecule has 0 fully saturated rings. The second kappa shape index (κ2) is 10.0. The lowest BCUT2D eigenvalue weighted by Gasteiger charge is -2.19. The highest BCUT2D eigenvalue weighted by Gasteiger charge is 2.20. The molecular formula is C18H30N3O2+. The van der Waals surface area contributed by atoms with Crippen LogP contribution in [0.2, 0.25) is 0 Å². The van der Waals surface area contributed by atoms with Gasteiger partial charge in [-0.1, -0.05) is 45.0 Å². The van der Waals surface area contributed by atoms with Gasteiger partial charge in [0.1, 0.15) is 6.04 Å². The van der Waals surface area contributed by atoms with Gasteiger partial charge in [-0.05, 0) is 18.9 Å². The Labute approximate surface area is 139 Å². The van der Waals surface area contributed by atoms with E-state index >= 15 is 0 Å². The van der Waals surface area contributed by atoms with E-state index in [1.165, 1.54) is 11.1 Å². The van der Waals surface area contributed by atoms with Crippen molar-refractivity contribution in [3.8, 4) is 0 Å². The largest absolute Gasteiger partial charge is 0.355 e. The summed E-state index contributed by atoms with van der Waals surface area (Å²) >= 11 is 0. The summed E-state index contributed by atoms with van der Waals surface area (Å²) < 4.78 is 0. The first kappa shape index (κ1) is 19.2. The van der Waals surface area contributed by atoms with Crippen molar-refractivity contribution in [2.75, 3.05) is 19.6 Å². The Balaban J connectivity index is 2.52. The highest BCUT2D eigenvalue weighted by molar-refractivity contribution is 5.84. The van der Waals surface area contributed by atoms with E-state index < -0.39 is 0 Å². The van der Waals surface area contributed by atoms with Crippen LogP contribution in [0.3, 0.4) is 0 Å². The predicted molar refractivity (Wildman–Crippen MR) is 91.9 cm³/mol. The molecule has 5 heteroatoms. The normalized spacial score (nSPS) is 12.0. The van der Waals surface area contributed by atoms with Crippen molar-refractivity contribution in [1.29, 1.82) is 0 Å². The zero-order valence-corrected chi connectivity index (χ0v) is 14.7. The Morgan fingerprint density at radius 3 is 2.22 bits per heavy atom. The third-order valence-electron chi connectivity index (χ3n) is 3.87. The minimum absolute atomic E-state index is 0.0397. The van der Waals surface area contributed by atoms with Gasteiger partial charge in [-0.25, -0.2) is 0 Å². The molecule has 0 aromatic heterocycles. The van der Waals surface area contributed by atoms with E-state index in [4.69, 9.17) is 0 Å². The van der Waals surface area contributed by atoms with Crippen LogP contribution in [-0.2, 0) is 16.0 Å². The van der Waals surface area contributed by atoms with Crippen LogP contribution in [0.4, 0.5) is 0 Å². The van der Waals surface area contributed by atoms with Gasteiger partial charge in [0.05, 0.1) is 6.54 Å². The van der Waals surface area contributed by atoms with Gasteiger partial charge in [-0.3, -0.25) is 9.59 Å². The average Bonchev–Trinajstić information content (AvgIpc) is 2.53. The number of nitrogens with two attached hydrogens (primary N) is 1. The zero-order chi connectivity index (χ0) is 17.2. The third kappa shape index (κ3) is 6.82. The highest BCUT2D eigenvalue weighted by Crippen LogP contribution is 2.18. The maximum absolute atomic E-state index is 11.9. The molecule has 0 radical (unpaired) electrons. The standard InChI is InChI=1S/C18H29N3O2/c1-5-14-7-9-15(10-8-14)18(13(3)4)21-12-17(23)20-11-16(22)19-6-2/h7-10,13,18,21H,5-6,11-12H2,1-4H3,(H,19,22)(H,20,23)/p+1/t18-/m1/s1. The van der Waals surface area contributed by atoms with E-state index in [2.05, 4.69) is 55.7 Å². The number of likely N-dealkylation sites (N-methyl/N-ethyl adjacent to an activating group) is 1. The zero-order valence-electron chi connectivity index (χ0n) is 14.7. The molecule has 5 nitrogen and oxygen atoms in total. The molecule has 0 aliphatic heterocycles. The molecule has 1 aromatic rings. The van der Waals surface area contributed by atoms with Gasteiger partial charge in [0.15, 0.2) is 6.54 Å². The monoisotopic (exact) mass is 320 g/mol. The molecule has 1 aromatic carbocycles. The second-order valence-corrected chi connectivity index (χ2v) is 6.03. The Kier molecular flexibility index (Phi) is 8.33. The molecule has 128 valence electrons. The lowest BCUT2D eigenvalue weighted by atomic mass is 9.95. The number of aryl methyl sites for hydroxylation is 1. The molecule has 0 bridgehead atoms. The number of amides is 2. The summed E-state index contributed by atoms with van der Waals surface area (Å²) in [5.41, 5.74) is 2.55. The summed E-state index contributed by atoms with van der Waals surface area (Å²) in [5, 5.41) is 7.35. The lowest BCUT2D eigenvalue weighted by molar-refractivity contribution is -0.692. The molecule has 0 aliphatic carbocycles. The smallest absolute Gasteiger partial charge is 0.275 e. The number of hydrogen-bond acceptors (Lipinski definition) is 2. The molecule has 4 N–H and O–H groups in total. The van der Waals surface area contributed by atoms with Gasteiger partial charge in [0, 0.05) is 18.0 Å². The van der Waals surface area contributed by atoms with E-state index in [0.717, 1.165) is 6.42 Å². The van der Waals surface area contributed by atoms with Crippen LogP contribution in [-0.4, -0.2) is 31.4 Å². The molecule has 23 heavy (non-hydrogen) atoms. The topological polar surface area (TPSA) is 74.8 Å². The van der Waals surface area contributed by atoms with E-state index in [9.17, 15) is 9.59 Å². The van der Waals surface area contributed by atoms with E-state index in [1.807, 2.05) is 12.2 Å². The first-order chi connectivity index (χ1) is 11.0. The SMILES string of the molecule is CCNC(=O)CNC(=O)C[NH2+][C@@H](c1ccc(CC)cc1)C(C)C. The number of rotatable bonds is 9. The van der Waals surface area contributed by atoms with Crippen LogP contribution < -0.4 is 16.0 Å². The number of carbonyl (C=O) groups is 2. The van der Waals surface area contributed by atoms with E-state index in [0.29, 0.717) is 19.0 Å². The van der Waals surface area contributed by atoms with Crippen LogP contribution in [0, 0.1) is 5.92 Å². The Morgan fingerprint density at radius 2 is 1.70 bits per heavy atom. The summed E-state index contributed by atoms with van der Waals surface area (Å²) in [6.07, 6.45) is 1.03. The minimum atomic E-state index is -0.156. The number of carbonyl (C=O) groups excluding carboxylic acids is 2. The van der Waals surface area contributed by atoms with Crippen molar-refractivity contribution in [3.05, 3.63) is 35.4 Å². The summed E-state index contributed by atoms with van der Waals surface area (Å²) in [4.78, 5) is 23.2. The fourth-order valence-electron chi connectivity index (χ4n) is 2.51. The summed E-state index contributed by atoms with van der Waals surface area (Å²) in [6, 6.07) is 8.82. The molecule has 0 saturated carbocycles. The van der Waals surface area contributed by atoms with Crippen molar-refractivity contribution >= 4 is 11.8 Å². The van der Waals surface area contributed by atoms with E-state index in [-0.39, 0.29) is 24.4 Å². The van der Waals surface area contributed by atoms with Crippen molar-refractivity contribution < 1.29 is 14.9 Å². The lowest BCUT2D eigenvalue weighted by Crippen LogP contribution is -2.88. The Hall–Kier alpha value is -1.88. The molecule has 1 atom stereocenters. The number of quaternary nitrogens is 1. The fraction of sp³-hybridized carbons (Fsp3) is 0.556. The molecule has 0 unspecified atom stereocenters. The first-order valence-corrected chi connectivity index (χ1v) is 8.43. The van der Waals surface area contributed by atoms with Gasteiger partial charge < -0.3 is 16.0 Å². The predicted octanol–water partition coefficient (Wildman–Crippen LogP) is 0.762. The van der Waals surface area contributed by atoms with Crippen LogP contribution in [0.5, 0.6) is 0 Å². The number of nitrogens with one attached hydrogen (secondary N) is 2. The molecule has 2 amide bonds. The Bertz CT molecular complexity index is 497. The number of benzene rings is 1. The second-order valence-electron chi connectivity index (χ2n) is 6.03. The van der Waals surface area contributed by atoms with Crippen molar-refractivity contribution in [3.63, 3.8) is 0 Å². The summed E-state index contributed by atoms with van der Waals surface area (Å²) in [7, 11) is 0. The van der Waals surface area contributed by atoms with Crippen LogP contribution in [0.1, 0.15) is 44.9 Å². The van der Waals surface area contributed by atoms with Crippen LogP contribution >= 0.6 is 0 Å². The highest BCUT2D eigenvalue weighted by atomic mass is 16.2. The molecular weight excluding hydrogens is 290 g/mol. The molecule has 0 spiro atoms. The third-order valence-corrected chi connectivity index (χ3v) is 3.87. The van der Waals surface area contributed by atoms with Crippen LogP contribution in [0.25, 0.3) is 0 Å². The maximum atomic E-state index is 11.9. The fourth-order valence-corrected chi connectivity index (χ4v) is 2.51. The quantitative estimate of drug-likeness (QED) is 0.628. The van der Waals surface area contributed by atoms with Gasteiger partial charge in [-0.15, -0.1) is 0 Å². The first-order valence-electron chi connectivity index (χ1n) is 8.43. The van der Waals surface area contributed by atoms with Gasteiger partial charge in [-0.2, -0.15) is 0 Å². The molecule has 0 heterocycles. The number of hydrogen-bond donors (Lipinski definition) is 3. The van der Waals surface area contributed by atoms with Crippen LogP contribution in [0.15, 0.2) is 24.3 Å². The van der Waals surface area contributed by atoms with Gasteiger partial charge in [0.2, 0.25) is 5.91 Å². The summed E-state index contributed by atoms with van der Waals surface area (Å²) in [6.45, 7) is 9.23. The van der Waals surface area contributed by atoms with Crippen molar-refractivity contribution in [2.24, 2.45) is 5.92 Å². The van der Waals surface area contributed by atoms with E-state index in [1.54, 1.807) is 0 Å². The average molecular weight is 320 g/mol. The maximum Gasteiger partial charge on any atom is 0.275 e. The molecule has 0 saturated heterocycles. The summed E-state index contributed by atoms with van der Waals surface area (Å²) in [5.74, 6) is 0.141.